The average Bonchev–Trinajstić information content (AvgIpc) is 3.23. The highest BCUT2D eigenvalue weighted by Gasteiger charge is 2.23. The van der Waals surface area contributed by atoms with Crippen molar-refractivity contribution in [2.24, 2.45) is 0 Å². The maximum absolute atomic E-state index is 12.6. The summed E-state index contributed by atoms with van der Waals surface area (Å²) in [7, 11) is 0. The minimum Gasteiger partial charge on any atom is -0.490 e. The molecule has 0 N–H and O–H groups in total. The van der Waals surface area contributed by atoms with Crippen LogP contribution >= 0.6 is 11.3 Å². The first-order valence-electron chi connectivity index (χ1n) is 7.09. The molecule has 1 aliphatic carbocycles. The van der Waals surface area contributed by atoms with E-state index in [0.29, 0.717) is 11.7 Å². The SMILES string of the molecule is O=C(c1ccc(OC2CC2)cc1)c1csc2ccccc12. The molecule has 0 aliphatic heterocycles. The summed E-state index contributed by atoms with van der Waals surface area (Å²) in [5.41, 5.74) is 1.49. The number of fused-ring (bicyclic) bond motifs is 1. The van der Waals surface area contributed by atoms with Gasteiger partial charge in [0.05, 0.1) is 6.10 Å². The molecule has 3 heteroatoms. The van der Waals surface area contributed by atoms with Gasteiger partial charge < -0.3 is 4.74 Å². The van der Waals surface area contributed by atoms with Crippen molar-refractivity contribution in [1.82, 2.24) is 0 Å². The third-order valence-corrected chi connectivity index (χ3v) is 4.63. The molecule has 3 aromatic rings. The molecule has 0 saturated heterocycles. The molecule has 1 aliphatic rings. The summed E-state index contributed by atoms with van der Waals surface area (Å²) in [5.74, 6) is 0.926. The van der Waals surface area contributed by atoms with Gasteiger partial charge in [-0.05, 0) is 43.2 Å². The van der Waals surface area contributed by atoms with E-state index in [-0.39, 0.29) is 5.78 Å². The Morgan fingerprint density at radius 1 is 1.05 bits per heavy atom. The van der Waals surface area contributed by atoms with Crippen molar-refractivity contribution in [2.45, 2.75) is 18.9 Å². The highest BCUT2D eigenvalue weighted by atomic mass is 32.1. The normalized spacial score (nSPS) is 14.3. The third kappa shape index (κ3) is 2.45. The quantitative estimate of drug-likeness (QED) is 0.653. The second kappa shape index (κ2) is 5.01. The summed E-state index contributed by atoms with van der Waals surface area (Å²) in [6.45, 7) is 0. The molecule has 0 atom stereocenters. The lowest BCUT2D eigenvalue weighted by Gasteiger charge is -2.05. The highest BCUT2D eigenvalue weighted by Crippen LogP contribution is 2.29. The van der Waals surface area contributed by atoms with E-state index < -0.39 is 0 Å². The second-order valence-electron chi connectivity index (χ2n) is 5.32. The Kier molecular flexibility index (Phi) is 3.00. The summed E-state index contributed by atoms with van der Waals surface area (Å²) in [6.07, 6.45) is 2.66. The van der Waals surface area contributed by atoms with Crippen LogP contribution in [0.3, 0.4) is 0 Å². The van der Waals surface area contributed by atoms with Gasteiger partial charge in [-0.3, -0.25) is 4.79 Å². The van der Waals surface area contributed by atoms with E-state index in [1.807, 2.05) is 53.9 Å². The number of ether oxygens (including phenoxy) is 1. The van der Waals surface area contributed by atoms with Crippen LogP contribution in [0.5, 0.6) is 5.75 Å². The molecule has 2 aromatic carbocycles. The maximum atomic E-state index is 12.6. The van der Waals surface area contributed by atoms with Crippen LogP contribution in [0.15, 0.2) is 53.9 Å². The summed E-state index contributed by atoms with van der Waals surface area (Å²) >= 11 is 1.61. The third-order valence-electron chi connectivity index (χ3n) is 3.67. The van der Waals surface area contributed by atoms with Gasteiger partial charge in [0, 0.05) is 26.6 Å². The average molecular weight is 294 g/mol. The molecule has 104 valence electrons. The number of rotatable bonds is 4. The summed E-state index contributed by atoms with van der Waals surface area (Å²) in [6, 6.07) is 15.5. The Morgan fingerprint density at radius 3 is 2.57 bits per heavy atom. The topological polar surface area (TPSA) is 26.3 Å². The number of carbonyl (C=O) groups excluding carboxylic acids is 1. The van der Waals surface area contributed by atoms with Crippen LogP contribution in [0.4, 0.5) is 0 Å². The van der Waals surface area contributed by atoms with Crippen LogP contribution in [0, 0.1) is 0 Å². The lowest BCUT2D eigenvalue weighted by molar-refractivity contribution is 0.104. The molecule has 0 radical (unpaired) electrons. The van der Waals surface area contributed by atoms with Gasteiger partial charge in [0.1, 0.15) is 5.75 Å². The first-order chi connectivity index (χ1) is 10.3. The van der Waals surface area contributed by atoms with Crippen LogP contribution in [0.25, 0.3) is 10.1 Å². The summed E-state index contributed by atoms with van der Waals surface area (Å²) in [5, 5.41) is 2.98. The van der Waals surface area contributed by atoms with Gasteiger partial charge in [0.25, 0.3) is 0 Å². The van der Waals surface area contributed by atoms with Crippen molar-refractivity contribution < 1.29 is 9.53 Å². The largest absolute Gasteiger partial charge is 0.490 e. The number of benzene rings is 2. The zero-order valence-corrected chi connectivity index (χ0v) is 12.2. The predicted octanol–water partition coefficient (Wildman–Crippen LogP) is 4.67. The number of thiophene rings is 1. The Bertz CT molecular complexity index is 797. The lowest BCUT2D eigenvalue weighted by Crippen LogP contribution is -2.01. The van der Waals surface area contributed by atoms with E-state index in [1.54, 1.807) is 11.3 Å². The van der Waals surface area contributed by atoms with Crippen LogP contribution in [-0.4, -0.2) is 11.9 Å². The fourth-order valence-corrected chi connectivity index (χ4v) is 3.31. The van der Waals surface area contributed by atoms with Crippen molar-refractivity contribution in [1.29, 1.82) is 0 Å². The van der Waals surface area contributed by atoms with E-state index in [4.69, 9.17) is 4.74 Å². The molecule has 21 heavy (non-hydrogen) atoms. The predicted molar refractivity (Wildman–Crippen MR) is 85.3 cm³/mol. The van der Waals surface area contributed by atoms with Gasteiger partial charge in [-0.25, -0.2) is 0 Å². The summed E-state index contributed by atoms with van der Waals surface area (Å²) < 4.78 is 6.86. The minimum absolute atomic E-state index is 0.0745. The first-order valence-corrected chi connectivity index (χ1v) is 7.97. The van der Waals surface area contributed by atoms with Gasteiger partial charge in [-0.1, -0.05) is 18.2 Å². The Morgan fingerprint density at radius 2 is 1.81 bits per heavy atom. The van der Waals surface area contributed by atoms with Crippen LogP contribution in [-0.2, 0) is 0 Å². The van der Waals surface area contributed by atoms with Gasteiger partial charge in [-0.2, -0.15) is 0 Å². The fraction of sp³-hybridized carbons (Fsp3) is 0.167. The van der Waals surface area contributed by atoms with Crippen molar-refractivity contribution >= 4 is 27.2 Å². The monoisotopic (exact) mass is 294 g/mol. The van der Waals surface area contributed by atoms with E-state index in [9.17, 15) is 4.79 Å². The van der Waals surface area contributed by atoms with E-state index in [0.717, 1.165) is 34.2 Å². The van der Waals surface area contributed by atoms with E-state index in [2.05, 4.69) is 0 Å². The molecule has 1 aromatic heterocycles. The summed E-state index contributed by atoms with van der Waals surface area (Å²) in [4.78, 5) is 12.6. The number of carbonyl (C=O) groups is 1. The molecule has 1 fully saturated rings. The van der Waals surface area contributed by atoms with Gasteiger partial charge in [-0.15, -0.1) is 11.3 Å². The molecule has 4 rings (SSSR count). The Balaban J connectivity index is 1.64. The maximum Gasteiger partial charge on any atom is 0.194 e. The zero-order chi connectivity index (χ0) is 14.2. The molecule has 0 unspecified atom stereocenters. The van der Waals surface area contributed by atoms with Crippen molar-refractivity contribution in [3.8, 4) is 5.75 Å². The van der Waals surface area contributed by atoms with Crippen LogP contribution in [0.2, 0.25) is 0 Å². The molecule has 0 bridgehead atoms. The van der Waals surface area contributed by atoms with Crippen molar-refractivity contribution in [3.63, 3.8) is 0 Å². The highest BCUT2D eigenvalue weighted by molar-refractivity contribution is 7.17. The minimum atomic E-state index is 0.0745. The first kappa shape index (κ1) is 12.6. The van der Waals surface area contributed by atoms with Crippen molar-refractivity contribution in [3.05, 3.63) is 65.0 Å². The van der Waals surface area contributed by atoms with Crippen LogP contribution < -0.4 is 4.74 Å². The standard InChI is InChI=1S/C18H14O2S/c19-18(16-11-21-17-4-2-1-3-15(16)17)12-5-7-13(8-6-12)20-14-9-10-14/h1-8,11,14H,9-10H2. The molecular weight excluding hydrogens is 280 g/mol. The molecule has 1 heterocycles. The number of hydrogen-bond acceptors (Lipinski definition) is 3. The molecule has 0 spiro atoms. The number of hydrogen-bond donors (Lipinski definition) is 0. The second-order valence-corrected chi connectivity index (χ2v) is 6.23. The smallest absolute Gasteiger partial charge is 0.194 e. The van der Waals surface area contributed by atoms with Crippen LogP contribution in [0.1, 0.15) is 28.8 Å². The van der Waals surface area contributed by atoms with Gasteiger partial charge in [0.2, 0.25) is 0 Å². The van der Waals surface area contributed by atoms with E-state index >= 15 is 0 Å². The molecular formula is C18H14O2S. The molecule has 1 saturated carbocycles. The van der Waals surface area contributed by atoms with Gasteiger partial charge >= 0.3 is 0 Å². The Hall–Kier alpha value is -2.13. The zero-order valence-electron chi connectivity index (χ0n) is 11.4. The molecule has 2 nitrogen and oxygen atoms in total. The fourth-order valence-electron chi connectivity index (χ4n) is 2.37. The lowest BCUT2D eigenvalue weighted by atomic mass is 10.0. The van der Waals surface area contributed by atoms with E-state index in [1.165, 1.54) is 0 Å². The number of ketones is 1. The van der Waals surface area contributed by atoms with Crippen molar-refractivity contribution in [2.75, 3.05) is 0 Å². The Labute approximate surface area is 127 Å². The van der Waals surface area contributed by atoms with Gasteiger partial charge in [0.15, 0.2) is 5.78 Å². The molecule has 0 amide bonds.